The highest BCUT2D eigenvalue weighted by atomic mass is 32.1. The molecule has 0 saturated carbocycles. The minimum Gasteiger partial charge on any atom is -0.449 e. The van der Waals surface area contributed by atoms with Crippen LogP contribution in [0.25, 0.3) is 11.3 Å². The Morgan fingerprint density at radius 3 is 2.50 bits per heavy atom. The number of aryl methyl sites for hydroxylation is 1. The predicted molar refractivity (Wildman–Crippen MR) is 102 cm³/mol. The van der Waals surface area contributed by atoms with Crippen LogP contribution in [0, 0.1) is 6.92 Å². The van der Waals surface area contributed by atoms with Crippen LogP contribution in [0.1, 0.15) is 22.8 Å². The number of nitrogens with zero attached hydrogens (tertiary/aromatic N) is 1. The summed E-state index contributed by atoms with van der Waals surface area (Å²) in [7, 11) is 0. The molecule has 0 aliphatic rings. The zero-order valence-electron chi connectivity index (χ0n) is 14.4. The molecule has 1 N–H and O–H groups in total. The van der Waals surface area contributed by atoms with E-state index in [-0.39, 0.29) is 0 Å². The molecule has 0 spiro atoms. The van der Waals surface area contributed by atoms with Crippen LogP contribution in [0.3, 0.4) is 0 Å². The molecule has 3 aromatic rings. The van der Waals surface area contributed by atoms with Gasteiger partial charge in [-0.2, -0.15) is 0 Å². The number of hydrogen-bond acceptors (Lipinski definition) is 5. The van der Waals surface area contributed by atoms with Gasteiger partial charge in [-0.3, -0.25) is 10.1 Å². The van der Waals surface area contributed by atoms with Crippen molar-refractivity contribution in [2.45, 2.75) is 20.0 Å². The van der Waals surface area contributed by atoms with E-state index in [1.54, 1.807) is 12.1 Å². The van der Waals surface area contributed by atoms with Crippen LogP contribution in [0.2, 0.25) is 0 Å². The van der Waals surface area contributed by atoms with Gasteiger partial charge in [0.05, 0.1) is 11.3 Å². The predicted octanol–water partition coefficient (Wildman–Crippen LogP) is 4.30. The van der Waals surface area contributed by atoms with Crippen LogP contribution >= 0.6 is 11.3 Å². The molecule has 5 nitrogen and oxygen atoms in total. The third-order valence-electron chi connectivity index (χ3n) is 3.82. The summed E-state index contributed by atoms with van der Waals surface area (Å²) < 4.78 is 5.27. The molecule has 1 atom stereocenters. The number of benzene rings is 2. The largest absolute Gasteiger partial charge is 0.449 e. The highest BCUT2D eigenvalue weighted by molar-refractivity contribution is 7.14. The number of thiazole rings is 1. The van der Waals surface area contributed by atoms with Gasteiger partial charge in [0, 0.05) is 10.9 Å². The second-order valence-electron chi connectivity index (χ2n) is 5.76. The molecule has 0 saturated heterocycles. The molecule has 3 rings (SSSR count). The van der Waals surface area contributed by atoms with Gasteiger partial charge in [0.15, 0.2) is 11.2 Å². The summed E-state index contributed by atoms with van der Waals surface area (Å²) in [5.41, 5.74) is 3.02. The Balaban J connectivity index is 1.62. The zero-order valence-corrected chi connectivity index (χ0v) is 15.2. The normalized spacial score (nSPS) is 11.6. The van der Waals surface area contributed by atoms with Crippen molar-refractivity contribution in [3.05, 3.63) is 71.1 Å². The summed E-state index contributed by atoms with van der Waals surface area (Å²) in [6.45, 7) is 3.36. The molecular formula is C20H18N2O3S. The van der Waals surface area contributed by atoms with E-state index in [0.29, 0.717) is 10.7 Å². The smallest absolute Gasteiger partial charge is 0.339 e. The molecule has 6 heteroatoms. The van der Waals surface area contributed by atoms with Crippen molar-refractivity contribution < 1.29 is 14.3 Å². The van der Waals surface area contributed by atoms with Gasteiger partial charge in [0.1, 0.15) is 0 Å². The number of carbonyl (C=O) groups excluding carboxylic acids is 2. The molecule has 1 aromatic heterocycles. The number of hydrogen-bond donors (Lipinski definition) is 1. The first kappa shape index (κ1) is 17.8. The third-order valence-corrected chi connectivity index (χ3v) is 4.58. The van der Waals surface area contributed by atoms with Crippen molar-refractivity contribution in [1.29, 1.82) is 0 Å². The van der Waals surface area contributed by atoms with E-state index in [2.05, 4.69) is 10.3 Å². The van der Waals surface area contributed by atoms with Gasteiger partial charge < -0.3 is 4.74 Å². The SMILES string of the molecule is Cc1ccccc1C(=O)OC(C)C(=O)Nc1nc(-c2ccccc2)cs1. The summed E-state index contributed by atoms with van der Waals surface area (Å²) >= 11 is 1.32. The Hall–Kier alpha value is -2.99. The zero-order chi connectivity index (χ0) is 18.5. The molecule has 0 radical (unpaired) electrons. The van der Waals surface area contributed by atoms with Crippen molar-refractivity contribution >= 4 is 28.3 Å². The quantitative estimate of drug-likeness (QED) is 0.684. The Morgan fingerprint density at radius 1 is 1.08 bits per heavy atom. The monoisotopic (exact) mass is 366 g/mol. The van der Waals surface area contributed by atoms with Gasteiger partial charge in [-0.15, -0.1) is 11.3 Å². The second kappa shape index (κ2) is 7.93. The van der Waals surface area contributed by atoms with Crippen molar-refractivity contribution in [1.82, 2.24) is 4.98 Å². The van der Waals surface area contributed by atoms with E-state index in [4.69, 9.17) is 4.74 Å². The lowest BCUT2D eigenvalue weighted by Gasteiger charge is -2.13. The van der Waals surface area contributed by atoms with E-state index in [1.807, 2.05) is 54.8 Å². The summed E-state index contributed by atoms with van der Waals surface area (Å²) in [5, 5.41) is 5.03. The molecule has 0 bridgehead atoms. The van der Waals surface area contributed by atoms with E-state index in [1.165, 1.54) is 18.3 Å². The number of esters is 1. The molecule has 0 aliphatic heterocycles. The van der Waals surface area contributed by atoms with Crippen LogP contribution in [0.15, 0.2) is 60.0 Å². The van der Waals surface area contributed by atoms with Crippen molar-refractivity contribution in [3.8, 4) is 11.3 Å². The molecule has 2 aromatic carbocycles. The van der Waals surface area contributed by atoms with Gasteiger partial charge in [-0.25, -0.2) is 9.78 Å². The fourth-order valence-electron chi connectivity index (χ4n) is 2.36. The van der Waals surface area contributed by atoms with Gasteiger partial charge in [-0.05, 0) is 25.5 Å². The summed E-state index contributed by atoms with van der Waals surface area (Å²) in [6, 6.07) is 16.8. The lowest BCUT2D eigenvalue weighted by atomic mass is 10.1. The molecule has 1 amide bonds. The Labute approximate surface area is 155 Å². The standard InChI is InChI=1S/C20H18N2O3S/c1-13-8-6-7-11-16(13)19(24)25-14(2)18(23)22-20-21-17(12-26-20)15-9-4-3-5-10-15/h3-12,14H,1-2H3,(H,21,22,23). The average molecular weight is 366 g/mol. The maximum atomic E-state index is 12.3. The first-order valence-electron chi connectivity index (χ1n) is 8.13. The number of ether oxygens (including phenoxy) is 1. The number of rotatable bonds is 5. The molecule has 132 valence electrons. The maximum absolute atomic E-state index is 12.3. The van der Waals surface area contributed by atoms with Gasteiger partial charge in [0.25, 0.3) is 5.91 Å². The minimum absolute atomic E-state index is 0.416. The van der Waals surface area contributed by atoms with Crippen LogP contribution in [-0.4, -0.2) is 23.0 Å². The van der Waals surface area contributed by atoms with Crippen LogP contribution in [0.5, 0.6) is 0 Å². The lowest BCUT2D eigenvalue weighted by Crippen LogP contribution is -2.30. The van der Waals surface area contributed by atoms with E-state index in [9.17, 15) is 9.59 Å². The number of aromatic nitrogens is 1. The Bertz CT molecular complexity index is 922. The number of anilines is 1. The van der Waals surface area contributed by atoms with E-state index < -0.39 is 18.0 Å². The highest BCUT2D eigenvalue weighted by Gasteiger charge is 2.21. The molecule has 1 unspecified atom stereocenters. The third kappa shape index (κ3) is 4.15. The highest BCUT2D eigenvalue weighted by Crippen LogP contribution is 2.24. The summed E-state index contributed by atoms with van der Waals surface area (Å²) in [6.07, 6.45) is -0.925. The summed E-state index contributed by atoms with van der Waals surface area (Å²) in [5.74, 6) is -0.934. The molecule has 0 aliphatic carbocycles. The lowest BCUT2D eigenvalue weighted by molar-refractivity contribution is -0.123. The number of amides is 1. The molecule has 26 heavy (non-hydrogen) atoms. The number of nitrogens with one attached hydrogen (secondary N) is 1. The van der Waals surface area contributed by atoms with Crippen LogP contribution in [0.4, 0.5) is 5.13 Å². The average Bonchev–Trinajstić information content (AvgIpc) is 3.11. The Kier molecular flexibility index (Phi) is 5.43. The first-order chi connectivity index (χ1) is 12.5. The molecular weight excluding hydrogens is 348 g/mol. The fraction of sp³-hybridized carbons (Fsp3) is 0.150. The second-order valence-corrected chi connectivity index (χ2v) is 6.61. The molecule has 1 heterocycles. The first-order valence-corrected chi connectivity index (χ1v) is 9.01. The van der Waals surface area contributed by atoms with E-state index in [0.717, 1.165) is 16.8 Å². The van der Waals surface area contributed by atoms with Crippen LogP contribution < -0.4 is 5.32 Å². The number of carbonyl (C=O) groups is 2. The van der Waals surface area contributed by atoms with Gasteiger partial charge in [0.2, 0.25) is 0 Å². The molecule has 0 fully saturated rings. The van der Waals surface area contributed by atoms with Gasteiger partial charge in [-0.1, -0.05) is 48.5 Å². The van der Waals surface area contributed by atoms with Crippen molar-refractivity contribution in [2.75, 3.05) is 5.32 Å². The van der Waals surface area contributed by atoms with E-state index >= 15 is 0 Å². The topological polar surface area (TPSA) is 68.3 Å². The minimum atomic E-state index is -0.925. The Morgan fingerprint density at radius 2 is 1.77 bits per heavy atom. The van der Waals surface area contributed by atoms with Gasteiger partial charge >= 0.3 is 5.97 Å². The maximum Gasteiger partial charge on any atom is 0.339 e. The van der Waals surface area contributed by atoms with Crippen LogP contribution in [-0.2, 0) is 9.53 Å². The van der Waals surface area contributed by atoms with Crippen molar-refractivity contribution in [2.24, 2.45) is 0 Å². The summed E-state index contributed by atoms with van der Waals surface area (Å²) in [4.78, 5) is 28.9. The van der Waals surface area contributed by atoms with Crippen molar-refractivity contribution in [3.63, 3.8) is 0 Å². The fourth-order valence-corrected chi connectivity index (χ4v) is 3.08.